The lowest BCUT2D eigenvalue weighted by Crippen LogP contribution is -2.49. The molecule has 2 unspecified atom stereocenters. The van der Waals surface area contributed by atoms with Crippen LogP contribution in [0.5, 0.6) is 0 Å². The minimum atomic E-state index is -0.965. The van der Waals surface area contributed by atoms with Crippen LogP contribution in [0.25, 0.3) is 0 Å². The van der Waals surface area contributed by atoms with Crippen LogP contribution in [0, 0.1) is 17.2 Å². The van der Waals surface area contributed by atoms with Gasteiger partial charge in [0.25, 0.3) is 0 Å². The Morgan fingerprint density at radius 3 is 2.87 bits per heavy atom. The van der Waals surface area contributed by atoms with Crippen LogP contribution in [0.2, 0.25) is 5.02 Å². The molecule has 3 rings (SSSR count). The Hall–Kier alpha value is -1.46. The van der Waals surface area contributed by atoms with Crippen LogP contribution < -0.4 is 0 Å². The minimum Gasteiger partial charge on any atom is -0.387 e. The third kappa shape index (κ3) is 3.00. The molecule has 1 aromatic carbocycles. The number of halogens is 2. The molecule has 1 aliphatic carbocycles. The van der Waals surface area contributed by atoms with Gasteiger partial charge in [0.05, 0.1) is 12.1 Å². The summed E-state index contributed by atoms with van der Waals surface area (Å²) in [4.78, 5) is 3.94. The molecule has 124 valence electrons. The first-order chi connectivity index (χ1) is 10.8. The highest BCUT2D eigenvalue weighted by atomic mass is 35.5. The van der Waals surface area contributed by atoms with Crippen molar-refractivity contribution in [3.8, 4) is 0 Å². The smallest absolute Gasteiger partial charge is 0.137 e. The van der Waals surface area contributed by atoms with Crippen molar-refractivity contribution in [1.82, 2.24) is 14.8 Å². The summed E-state index contributed by atoms with van der Waals surface area (Å²) < 4.78 is 15.8. The molecule has 2 aromatic rings. The molecule has 1 saturated carbocycles. The fourth-order valence-electron chi connectivity index (χ4n) is 3.67. The van der Waals surface area contributed by atoms with Crippen LogP contribution in [-0.2, 0) is 13.0 Å². The van der Waals surface area contributed by atoms with Crippen molar-refractivity contribution in [2.45, 2.75) is 45.3 Å². The molecular formula is C17H21ClFN3O. The van der Waals surface area contributed by atoms with Gasteiger partial charge in [0.15, 0.2) is 0 Å². The summed E-state index contributed by atoms with van der Waals surface area (Å²) in [7, 11) is 0. The molecule has 0 saturated heterocycles. The van der Waals surface area contributed by atoms with Gasteiger partial charge in [-0.05, 0) is 48.3 Å². The van der Waals surface area contributed by atoms with E-state index in [4.69, 9.17) is 11.6 Å². The second kappa shape index (κ2) is 5.87. The summed E-state index contributed by atoms with van der Waals surface area (Å²) in [6, 6.07) is 4.73. The quantitative estimate of drug-likeness (QED) is 0.929. The van der Waals surface area contributed by atoms with Crippen molar-refractivity contribution in [3.63, 3.8) is 0 Å². The highest BCUT2D eigenvalue weighted by molar-refractivity contribution is 6.30. The molecule has 23 heavy (non-hydrogen) atoms. The molecule has 4 nitrogen and oxygen atoms in total. The van der Waals surface area contributed by atoms with Crippen LogP contribution in [0.3, 0.4) is 0 Å². The van der Waals surface area contributed by atoms with Gasteiger partial charge in [-0.3, -0.25) is 4.68 Å². The molecule has 1 fully saturated rings. The van der Waals surface area contributed by atoms with E-state index in [1.165, 1.54) is 12.4 Å². The Morgan fingerprint density at radius 1 is 1.43 bits per heavy atom. The van der Waals surface area contributed by atoms with Crippen molar-refractivity contribution in [2.24, 2.45) is 11.3 Å². The monoisotopic (exact) mass is 337 g/mol. The van der Waals surface area contributed by atoms with Gasteiger partial charge >= 0.3 is 0 Å². The summed E-state index contributed by atoms with van der Waals surface area (Å²) in [5.41, 5.74) is -0.645. The van der Waals surface area contributed by atoms with E-state index in [0.29, 0.717) is 23.6 Å². The summed E-state index contributed by atoms with van der Waals surface area (Å²) in [5.74, 6) is -0.359. The average molecular weight is 338 g/mol. The van der Waals surface area contributed by atoms with Crippen molar-refractivity contribution in [1.29, 1.82) is 0 Å². The van der Waals surface area contributed by atoms with E-state index in [9.17, 15) is 9.50 Å². The van der Waals surface area contributed by atoms with Gasteiger partial charge in [0, 0.05) is 5.02 Å². The van der Waals surface area contributed by atoms with E-state index in [1.54, 1.807) is 23.1 Å². The van der Waals surface area contributed by atoms with E-state index in [2.05, 4.69) is 23.9 Å². The molecule has 2 atom stereocenters. The summed E-state index contributed by atoms with van der Waals surface area (Å²) in [5, 5.41) is 15.9. The molecule has 1 aromatic heterocycles. The minimum absolute atomic E-state index is 0.0441. The molecule has 1 aliphatic rings. The lowest BCUT2D eigenvalue weighted by Gasteiger charge is -2.40. The van der Waals surface area contributed by atoms with E-state index >= 15 is 0 Å². The van der Waals surface area contributed by atoms with Gasteiger partial charge in [-0.25, -0.2) is 9.37 Å². The molecule has 0 bridgehead atoms. The summed E-state index contributed by atoms with van der Waals surface area (Å²) in [6.07, 6.45) is 5.28. The van der Waals surface area contributed by atoms with Gasteiger partial charge in [0.1, 0.15) is 18.5 Å². The molecule has 1 N–H and O–H groups in total. The highest BCUT2D eigenvalue weighted by Gasteiger charge is 2.54. The Bertz CT molecular complexity index is 689. The second-order valence-corrected chi connectivity index (χ2v) is 7.51. The molecule has 0 aliphatic heterocycles. The first-order valence-corrected chi connectivity index (χ1v) is 8.18. The van der Waals surface area contributed by atoms with Gasteiger partial charge in [0.2, 0.25) is 0 Å². The van der Waals surface area contributed by atoms with Gasteiger partial charge < -0.3 is 5.11 Å². The largest absolute Gasteiger partial charge is 0.387 e. The normalized spacial score (nSPS) is 26.6. The topological polar surface area (TPSA) is 50.9 Å². The fourth-order valence-corrected chi connectivity index (χ4v) is 3.83. The van der Waals surface area contributed by atoms with Gasteiger partial charge in [-0.15, -0.1) is 0 Å². The zero-order chi connectivity index (χ0) is 16.7. The standard InChI is InChI=1S/C17H21ClFN3O/c1-16(2)6-5-13(7-12-3-4-14(18)8-15(12)19)17(16,23)9-22-11-20-10-21-22/h3-4,8,10-11,13,23H,5-7,9H2,1-2H3. The first kappa shape index (κ1) is 16.4. The Balaban J connectivity index is 1.88. The Morgan fingerprint density at radius 2 is 2.22 bits per heavy atom. The number of benzene rings is 1. The molecule has 1 heterocycles. The maximum atomic E-state index is 14.1. The molecule has 6 heteroatoms. The molecular weight excluding hydrogens is 317 g/mol. The zero-order valence-electron chi connectivity index (χ0n) is 13.3. The number of aromatic nitrogens is 3. The van der Waals surface area contributed by atoms with Crippen molar-refractivity contribution < 1.29 is 9.50 Å². The van der Waals surface area contributed by atoms with Crippen LogP contribution >= 0.6 is 11.6 Å². The average Bonchev–Trinajstić information content (AvgIpc) is 3.04. The lowest BCUT2D eigenvalue weighted by molar-refractivity contribution is -0.0908. The van der Waals surface area contributed by atoms with Crippen LogP contribution in [0.15, 0.2) is 30.9 Å². The van der Waals surface area contributed by atoms with E-state index in [1.807, 2.05) is 0 Å². The second-order valence-electron chi connectivity index (χ2n) is 7.08. The van der Waals surface area contributed by atoms with E-state index < -0.39 is 5.60 Å². The van der Waals surface area contributed by atoms with E-state index in [-0.39, 0.29) is 17.2 Å². The van der Waals surface area contributed by atoms with Crippen molar-refractivity contribution in [3.05, 3.63) is 47.3 Å². The van der Waals surface area contributed by atoms with Crippen LogP contribution in [-0.4, -0.2) is 25.5 Å². The predicted molar refractivity (Wildman–Crippen MR) is 86.6 cm³/mol. The maximum absolute atomic E-state index is 14.1. The lowest BCUT2D eigenvalue weighted by atomic mass is 9.72. The number of aliphatic hydroxyl groups is 1. The third-order valence-electron chi connectivity index (χ3n) is 5.32. The van der Waals surface area contributed by atoms with E-state index in [0.717, 1.165) is 12.8 Å². The predicted octanol–water partition coefficient (Wildman–Crippen LogP) is 3.48. The van der Waals surface area contributed by atoms with Gasteiger partial charge in [-0.2, -0.15) is 5.10 Å². The number of rotatable bonds is 4. The molecule has 0 radical (unpaired) electrons. The first-order valence-electron chi connectivity index (χ1n) is 7.80. The zero-order valence-corrected chi connectivity index (χ0v) is 14.1. The van der Waals surface area contributed by atoms with Crippen molar-refractivity contribution >= 4 is 11.6 Å². The number of nitrogens with zero attached hydrogens (tertiary/aromatic N) is 3. The maximum Gasteiger partial charge on any atom is 0.137 e. The van der Waals surface area contributed by atoms with Gasteiger partial charge in [-0.1, -0.05) is 31.5 Å². The Kier molecular flexibility index (Phi) is 4.19. The van der Waals surface area contributed by atoms with Crippen LogP contribution in [0.1, 0.15) is 32.3 Å². The summed E-state index contributed by atoms with van der Waals surface area (Å²) in [6.45, 7) is 4.48. The van der Waals surface area contributed by atoms with Crippen molar-refractivity contribution in [2.75, 3.05) is 0 Å². The third-order valence-corrected chi connectivity index (χ3v) is 5.55. The number of hydrogen-bond acceptors (Lipinski definition) is 3. The highest BCUT2D eigenvalue weighted by Crippen LogP contribution is 2.51. The molecule has 0 spiro atoms. The summed E-state index contributed by atoms with van der Waals surface area (Å²) >= 11 is 5.82. The Labute approximate surface area is 140 Å². The number of hydrogen-bond donors (Lipinski definition) is 1. The fraction of sp³-hybridized carbons (Fsp3) is 0.529. The molecule has 0 amide bonds. The SMILES string of the molecule is CC1(C)CCC(Cc2ccc(Cl)cc2F)C1(O)Cn1cncn1. The van der Waals surface area contributed by atoms with Crippen LogP contribution in [0.4, 0.5) is 4.39 Å².